The van der Waals surface area contributed by atoms with Crippen LogP contribution in [0.3, 0.4) is 0 Å². The predicted molar refractivity (Wildman–Crippen MR) is 52.3 cm³/mol. The maximum absolute atomic E-state index is 10.3. The highest BCUT2D eigenvalue weighted by molar-refractivity contribution is 8.13. The highest BCUT2D eigenvalue weighted by Crippen LogP contribution is 2.10. The lowest BCUT2D eigenvalue weighted by molar-refractivity contribution is -0.517. The van der Waals surface area contributed by atoms with Crippen LogP contribution in [0, 0.1) is 0 Å². The van der Waals surface area contributed by atoms with Crippen molar-refractivity contribution < 1.29 is 17.5 Å². The Labute approximate surface area is 82.8 Å². The molecule has 0 amide bonds. The number of hydrogen-bond acceptors (Lipinski definition) is 4. The fraction of sp³-hybridized carbons (Fsp3) is 0.857. The van der Waals surface area contributed by atoms with Crippen molar-refractivity contribution in [2.45, 2.75) is 13.3 Å². The largest absolute Gasteiger partial charge is 0.748 e. The van der Waals surface area contributed by atoms with Crippen LogP contribution in [-0.2, 0) is 10.1 Å². The summed E-state index contributed by atoms with van der Waals surface area (Å²) in [6, 6.07) is 0. The molecule has 76 valence electrons. The molecule has 0 N–H and O–H groups in total. The standard InChI is InChI=1S/C7H13NO3S2/c1-7-8(4-5-12-7)3-2-6-13(9,10)11/h2-6H2,1H3. The van der Waals surface area contributed by atoms with Crippen LogP contribution >= 0.6 is 11.8 Å². The molecule has 0 spiro atoms. The van der Waals surface area contributed by atoms with Gasteiger partial charge in [0, 0.05) is 19.1 Å². The Morgan fingerprint density at radius 1 is 1.62 bits per heavy atom. The molecule has 0 aromatic carbocycles. The summed E-state index contributed by atoms with van der Waals surface area (Å²) in [6.07, 6.45) is 0.434. The molecule has 1 aliphatic heterocycles. The quantitative estimate of drug-likeness (QED) is 0.501. The maximum atomic E-state index is 10.3. The van der Waals surface area contributed by atoms with E-state index in [-0.39, 0.29) is 5.75 Å². The van der Waals surface area contributed by atoms with Crippen molar-refractivity contribution >= 4 is 26.9 Å². The molecule has 0 saturated carbocycles. The molecule has 0 aromatic heterocycles. The van der Waals surface area contributed by atoms with Crippen LogP contribution in [-0.4, -0.2) is 47.2 Å². The Balaban J connectivity index is 2.31. The molecule has 0 radical (unpaired) electrons. The minimum absolute atomic E-state index is 0.249. The maximum Gasteiger partial charge on any atom is 0.207 e. The van der Waals surface area contributed by atoms with E-state index in [1.807, 2.05) is 6.92 Å². The van der Waals surface area contributed by atoms with Crippen molar-refractivity contribution in [1.29, 1.82) is 0 Å². The van der Waals surface area contributed by atoms with Crippen molar-refractivity contribution in [3.8, 4) is 0 Å². The summed E-state index contributed by atoms with van der Waals surface area (Å²) in [4.78, 5) is 0. The van der Waals surface area contributed by atoms with Crippen LogP contribution < -0.4 is 0 Å². The smallest absolute Gasteiger partial charge is 0.207 e. The first-order chi connectivity index (χ1) is 5.99. The molecule has 1 rings (SSSR count). The molecule has 0 aromatic rings. The van der Waals surface area contributed by atoms with Crippen molar-refractivity contribution in [2.75, 3.05) is 24.6 Å². The lowest BCUT2D eigenvalue weighted by atomic mass is 10.4. The monoisotopic (exact) mass is 223 g/mol. The topological polar surface area (TPSA) is 60.2 Å². The van der Waals surface area contributed by atoms with Gasteiger partial charge in [-0.05, 0) is 0 Å². The summed E-state index contributed by atoms with van der Waals surface area (Å²) in [5.41, 5.74) is 0. The Hall–Kier alpha value is -0.0700. The van der Waals surface area contributed by atoms with E-state index in [0.29, 0.717) is 13.0 Å². The first kappa shape index (κ1) is 11.0. The zero-order valence-corrected chi connectivity index (χ0v) is 9.16. The van der Waals surface area contributed by atoms with Gasteiger partial charge in [0.25, 0.3) is 0 Å². The average Bonchev–Trinajstić information content (AvgIpc) is 2.34. The van der Waals surface area contributed by atoms with E-state index < -0.39 is 10.1 Å². The van der Waals surface area contributed by atoms with Gasteiger partial charge in [0.05, 0.1) is 15.9 Å². The van der Waals surface area contributed by atoms with Gasteiger partial charge in [-0.2, -0.15) is 0 Å². The van der Waals surface area contributed by atoms with Gasteiger partial charge in [0.2, 0.25) is 5.04 Å². The van der Waals surface area contributed by atoms with E-state index in [9.17, 15) is 13.0 Å². The van der Waals surface area contributed by atoms with Gasteiger partial charge in [0.15, 0.2) is 6.54 Å². The number of thioether (sulfide) groups is 1. The van der Waals surface area contributed by atoms with E-state index in [0.717, 1.165) is 12.3 Å². The summed E-state index contributed by atoms with van der Waals surface area (Å²) in [5, 5.41) is 1.23. The molecule has 13 heavy (non-hydrogen) atoms. The molecule has 0 aliphatic carbocycles. The molecule has 0 fully saturated rings. The first-order valence-corrected chi connectivity index (χ1v) is 6.70. The van der Waals surface area contributed by atoms with Gasteiger partial charge in [-0.15, -0.1) is 0 Å². The Kier molecular flexibility index (Phi) is 3.75. The summed E-state index contributed by atoms with van der Waals surface area (Å²) in [5.74, 6) is 0.817. The minimum atomic E-state index is -4.03. The van der Waals surface area contributed by atoms with E-state index in [2.05, 4.69) is 4.58 Å². The van der Waals surface area contributed by atoms with Crippen LogP contribution in [0.1, 0.15) is 13.3 Å². The number of hydrogen-bond donors (Lipinski definition) is 0. The third-order valence-corrected chi connectivity index (χ3v) is 3.79. The second kappa shape index (κ2) is 4.43. The zero-order valence-electron chi connectivity index (χ0n) is 7.52. The summed E-state index contributed by atoms with van der Waals surface area (Å²) < 4.78 is 33.0. The zero-order chi connectivity index (χ0) is 9.90. The molecule has 4 nitrogen and oxygen atoms in total. The van der Waals surface area contributed by atoms with Crippen molar-refractivity contribution in [2.24, 2.45) is 0 Å². The molecular formula is C7H13NO3S2. The second-order valence-electron chi connectivity index (χ2n) is 2.97. The van der Waals surface area contributed by atoms with E-state index in [4.69, 9.17) is 0 Å². The van der Waals surface area contributed by atoms with Gasteiger partial charge in [-0.1, -0.05) is 11.8 Å². The molecule has 0 saturated heterocycles. The van der Waals surface area contributed by atoms with Gasteiger partial charge >= 0.3 is 0 Å². The Morgan fingerprint density at radius 2 is 2.31 bits per heavy atom. The molecule has 0 bridgehead atoms. The normalized spacial score (nSPS) is 18.3. The molecular weight excluding hydrogens is 210 g/mol. The minimum Gasteiger partial charge on any atom is -0.748 e. The molecule has 0 unspecified atom stereocenters. The average molecular weight is 223 g/mol. The summed E-state index contributed by atoms with van der Waals surface area (Å²) in [7, 11) is -4.03. The Bertz CT molecular complexity index is 308. The van der Waals surface area contributed by atoms with Gasteiger partial charge in [-0.25, -0.2) is 13.0 Å². The van der Waals surface area contributed by atoms with Crippen LogP contribution in [0.2, 0.25) is 0 Å². The first-order valence-electron chi connectivity index (χ1n) is 4.14. The van der Waals surface area contributed by atoms with Crippen LogP contribution in [0.5, 0.6) is 0 Å². The summed E-state index contributed by atoms with van der Waals surface area (Å²) >= 11 is 1.78. The van der Waals surface area contributed by atoms with Crippen LogP contribution in [0.25, 0.3) is 0 Å². The number of nitrogens with zero attached hydrogens (tertiary/aromatic N) is 1. The van der Waals surface area contributed by atoms with Crippen LogP contribution in [0.4, 0.5) is 0 Å². The lowest BCUT2D eigenvalue weighted by Crippen LogP contribution is -2.18. The lowest BCUT2D eigenvalue weighted by Gasteiger charge is -2.04. The molecule has 1 aliphatic rings. The summed E-state index contributed by atoms with van der Waals surface area (Å²) in [6.45, 7) is 3.67. The molecule has 6 heteroatoms. The third kappa shape index (κ3) is 4.10. The highest BCUT2D eigenvalue weighted by Gasteiger charge is 2.17. The van der Waals surface area contributed by atoms with E-state index in [1.54, 1.807) is 11.8 Å². The van der Waals surface area contributed by atoms with E-state index in [1.165, 1.54) is 5.04 Å². The van der Waals surface area contributed by atoms with Crippen molar-refractivity contribution in [3.05, 3.63) is 0 Å². The fourth-order valence-electron chi connectivity index (χ4n) is 1.25. The van der Waals surface area contributed by atoms with Crippen molar-refractivity contribution in [1.82, 2.24) is 0 Å². The van der Waals surface area contributed by atoms with Crippen molar-refractivity contribution in [3.63, 3.8) is 0 Å². The SMILES string of the molecule is CC1=[N+](CCCS(=O)(=O)[O-])CCS1. The van der Waals surface area contributed by atoms with Crippen LogP contribution in [0.15, 0.2) is 0 Å². The number of rotatable bonds is 4. The fourth-order valence-corrected chi connectivity index (χ4v) is 2.71. The second-order valence-corrected chi connectivity index (χ2v) is 5.78. The third-order valence-electron chi connectivity index (χ3n) is 1.94. The molecule has 1 heterocycles. The highest BCUT2D eigenvalue weighted by atomic mass is 32.2. The van der Waals surface area contributed by atoms with Gasteiger partial charge in [-0.3, -0.25) is 0 Å². The Morgan fingerprint density at radius 3 is 2.77 bits per heavy atom. The van der Waals surface area contributed by atoms with Gasteiger partial charge in [0.1, 0.15) is 6.54 Å². The predicted octanol–water partition coefficient (Wildman–Crippen LogP) is 0.0994. The molecule has 0 atom stereocenters. The van der Waals surface area contributed by atoms with Gasteiger partial charge < -0.3 is 4.55 Å². The van der Waals surface area contributed by atoms with E-state index >= 15 is 0 Å².